The predicted molar refractivity (Wildman–Crippen MR) is 115 cm³/mol. The fraction of sp³-hybridized carbons (Fsp3) is 0.381. The van der Waals surface area contributed by atoms with Gasteiger partial charge in [-0.25, -0.2) is 19.3 Å². The number of nitrogens with zero attached hydrogens (tertiary/aromatic N) is 6. The van der Waals surface area contributed by atoms with Gasteiger partial charge in [-0.05, 0) is 25.8 Å². The average molecular weight is 441 g/mol. The summed E-state index contributed by atoms with van der Waals surface area (Å²) in [5.74, 6) is 0.0659. The van der Waals surface area contributed by atoms with Crippen LogP contribution in [0.2, 0.25) is 0 Å². The molecule has 0 saturated heterocycles. The van der Waals surface area contributed by atoms with Crippen LogP contribution in [0.3, 0.4) is 0 Å². The molecule has 4 rings (SSSR count). The average Bonchev–Trinajstić information content (AvgIpc) is 3.47. The number of carbonyl (C=O) groups excluding carboxylic acids is 1. The summed E-state index contributed by atoms with van der Waals surface area (Å²) in [7, 11) is 3.12. The van der Waals surface area contributed by atoms with Crippen molar-refractivity contribution in [3.63, 3.8) is 0 Å². The van der Waals surface area contributed by atoms with Crippen molar-refractivity contribution in [2.45, 2.75) is 38.6 Å². The van der Waals surface area contributed by atoms with Crippen molar-refractivity contribution in [2.24, 2.45) is 0 Å². The van der Waals surface area contributed by atoms with Gasteiger partial charge >= 0.3 is 0 Å². The van der Waals surface area contributed by atoms with Crippen molar-refractivity contribution < 1.29 is 18.3 Å². The molecule has 3 heterocycles. The zero-order chi connectivity index (χ0) is 23.0. The Kier molecular flexibility index (Phi) is 5.64. The van der Waals surface area contributed by atoms with Gasteiger partial charge in [0.25, 0.3) is 5.91 Å². The molecular formula is C21H24FN7O3. The highest BCUT2D eigenvalue weighted by molar-refractivity contribution is 5.93. The molecule has 0 aliphatic heterocycles. The molecule has 11 heteroatoms. The predicted octanol–water partition coefficient (Wildman–Crippen LogP) is 3.04. The number of nitrogens with two attached hydrogens (primary N) is 1. The second-order valence-corrected chi connectivity index (χ2v) is 7.80. The maximum atomic E-state index is 14.3. The van der Waals surface area contributed by atoms with Crippen LogP contribution >= 0.6 is 0 Å². The van der Waals surface area contributed by atoms with E-state index in [1.165, 1.54) is 36.4 Å². The third kappa shape index (κ3) is 3.81. The Labute approximate surface area is 183 Å². The first-order chi connectivity index (χ1) is 15.3. The van der Waals surface area contributed by atoms with Gasteiger partial charge < -0.3 is 19.8 Å². The second-order valence-electron chi connectivity index (χ2n) is 7.80. The molecule has 0 bridgehead atoms. The van der Waals surface area contributed by atoms with Crippen LogP contribution in [0.5, 0.6) is 5.75 Å². The number of hydrogen-bond donors (Lipinski definition) is 1. The van der Waals surface area contributed by atoms with E-state index >= 15 is 0 Å². The lowest BCUT2D eigenvalue weighted by molar-refractivity contribution is 0.0728. The van der Waals surface area contributed by atoms with E-state index in [1.54, 1.807) is 11.9 Å². The Hall–Kier alpha value is -3.76. The van der Waals surface area contributed by atoms with Gasteiger partial charge in [-0.2, -0.15) is 4.52 Å². The monoisotopic (exact) mass is 441 g/mol. The molecule has 32 heavy (non-hydrogen) atoms. The molecule has 4 aromatic rings. The smallest absolute Gasteiger partial charge is 0.275 e. The number of benzene rings is 1. The number of hydrogen-bond acceptors (Lipinski definition) is 8. The molecule has 0 aliphatic rings. The molecule has 168 valence electrons. The molecule has 0 saturated carbocycles. The number of methoxy groups -OCH3 is 1. The molecule has 3 aromatic heterocycles. The summed E-state index contributed by atoms with van der Waals surface area (Å²) in [6.45, 7) is 3.96. The molecule has 0 fully saturated rings. The normalized spacial score (nSPS) is 13.4. The van der Waals surface area contributed by atoms with Gasteiger partial charge in [-0.1, -0.05) is 6.92 Å². The quantitative estimate of drug-likeness (QED) is 0.464. The Morgan fingerprint density at radius 3 is 2.78 bits per heavy atom. The van der Waals surface area contributed by atoms with E-state index < -0.39 is 5.82 Å². The number of ether oxygens (including phenoxy) is 1. The molecule has 0 spiro atoms. The molecule has 10 nitrogen and oxygen atoms in total. The molecular weight excluding hydrogens is 417 g/mol. The maximum Gasteiger partial charge on any atom is 0.275 e. The molecule has 2 N–H and O–H groups in total. The highest BCUT2D eigenvalue weighted by Gasteiger charge is 2.22. The van der Waals surface area contributed by atoms with Crippen LogP contribution in [-0.2, 0) is 0 Å². The summed E-state index contributed by atoms with van der Waals surface area (Å²) in [6, 6.07) is 2.78. The molecule has 1 amide bonds. The first kappa shape index (κ1) is 21.5. The van der Waals surface area contributed by atoms with Crippen molar-refractivity contribution in [3.8, 4) is 5.75 Å². The molecule has 0 aliphatic carbocycles. The number of rotatable bonds is 7. The van der Waals surface area contributed by atoms with Gasteiger partial charge in [-0.15, -0.1) is 5.10 Å². The summed E-state index contributed by atoms with van der Waals surface area (Å²) < 4.78 is 25.6. The second kappa shape index (κ2) is 8.40. The van der Waals surface area contributed by atoms with E-state index in [1.807, 2.05) is 13.8 Å². The Balaban J connectivity index is 1.54. The Morgan fingerprint density at radius 2 is 2.09 bits per heavy atom. The number of fused-ring (bicyclic) bond motifs is 3. The summed E-state index contributed by atoms with van der Waals surface area (Å²) in [5, 5.41) is 4.99. The number of halogens is 1. The van der Waals surface area contributed by atoms with E-state index in [9.17, 15) is 9.18 Å². The molecule has 2 atom stereocenters. The maximum absolute atomic E-state index is 14.3. The zero-order valence-corrected chi connectivity index (χ0v) is 18.2. The highest BCUT2D eigenvalue weighted by Crippen LogP contribution is 2.28. The summed E-state index contributed by atoms with van der Waals surface area (Å²) in [6.07, 6.45) is 4.00. The number of nitrogen functional groups attached to an aromatic ring is 1. The minimum absolute atomic E-state index is 0.0227. The molecule has 1 aromatic carbocycles. The van der Waals surface area contributed by atoms with Crippen LogP contribution in [0.25, 0.3) is 16.6 Å². The third-order valence-corrected chi connectivity index (χ3v) is 5.68. The van der Waals surface area contributed by atoms with Gasteiger partial charge in [0.2, 0.25) is 5.95 Å². The standard InChI is InChI=1S/C21H24FN7O3/c1-11(5-6-12(2)28(3)20(30)16-9-32-10-24-16)18-26-19-13-7-14(22)17(31-4)8-15(13)25-21(23)29(19)27-18/h7-12H,5-6H2,1-4H3,(H2,23,25)/t11-,12-/m0/s1. The van der Waals surface area contributed by atoms with Gasteiger partial charge in [0, 0.05) is 30.5 Å². The third-order valence-electron chi connectivity index (χ3n) is 5.68. The van der Waals surface area contributed by atoms with Crippen molar-refractivity contribution in [1.82, 2.24) is 29.5 Å². The molecule has 0 unspecified atom stereocenters. The minimum atomic E-state index is -0.514. The lowest BCUT2D eigenvalue weighted by Crippen LogP contribution is -2.35. The number of aromatic nitrogens is 5. The van der Waals surface area contributed by atoms with E-state index in [0.29, 0.717) is 22.4 Å². The lowest BCUT2D eigenvalue weighted by Gasteiger charge is -2.24. The van der Waals surface area contributed by atoms with Crippen LogP contribution < -0.4 is 10.5 Å². The zero-order valence-electron chi connectivity index (χ0n) is 18.2. The highest BCUT2D eigenvalue weighted by atomic mass is 19.1. The first-order valence-corrected chi connectivity index (χ1v) is 10.1. The number of carbonyl (C=O) groups is 1. The Bertz CT molecular complexity index is 1270. The van der Waals surface area contributed by atoms with E-state index in [-0.39, 0.29) is 35.3 Å². The van der Waals surface area contributed by atoms with Crippen molar-refractivity contribution in [3.05, 3.63) is 42.1 Å². The molecule has 0 radical (unpaired) electrons. The van der Waals surface area contributed by atoms with Crippen LogP contribution in [0, 0.1) is 5.82 Å². The number of anilines is 1. The van der Waals surface area contributed by atoms with Crippen LogP contribution in [-0.4, -0.2) is 55.6 Å². The summed E-state index contributed by atoms with van der Waals surface area (Å²) >= 11 is 0. The van der Waals surface area contributed by atoms with Gasteiger partial charge in [0.1, 0.15) is 6.26 Å². The Morgan fingerprint density at radius 1 is 1.31 bits per heavy atom. The van der Waals surface area contributed by atoms with Gasteiger partial charge in [0.05, 0.1) is 12.6 Å². The SMILES string of the molecule is COc1cc2nc(N)n3nc([C@@H](C)CC[C@H](C)N(C)C(=O)c4cocn4)nc3c2cc1F. The fourth-order valence-corrected chi connectivity index (χ4v) is 3.53. The van der Waals surface area contributed by atoms with Crippen LogP contribution in [0.4, 0.5) is 10.3 Å². The van der Waals surface area contributed by atoms with Gasteiger partial charge in [0.15, 0.2) is 35.1 Å². The fourth-order valence-electron chi connectivity index (χ4n) is 3.53. The van der Waals surface area contributed by atoms with E-state index in [2.05, 4.69) is 20.1 Å². The largest absolute Gasteiger partial charge is 0.494 e. The van der Waals surface area contributed by atoms with Crippen molar-refractivity contribution in [2.75, 3.05) is 19.9 Å². The topological polar surface area (TPSA) is 125 Å². The minimum Gasteiger partial charge on any atom is -0.494 e. The van der Waals surface area contributed by atoms with Crippen molar-refractivity contribution >= 4 is 28.4 Å². The number of oxazole rings is 1. The summed E-state index contributed by atoms with van der Waals surface area (Å²) in [5.41, 5.74) is 7.24. The van der Waals surface area contributed by atoms with Crippen molar-refractivity contribution in [1.29, 1.82) is 0 Å². The lowest BCUT2D eigenvalue weighted by atomic mass is 10.0. The number of amides is 1. The van der Waals surface area contributed by atoms with E-state index in [0.717, 1.165) is 12.8 Å². The summed E-state index contributed by atoms with van der Waals surface area (Å²) in [4.78, 5) is 26.9. The van der Waals surface area contributed by atoms with Crippen LogP contribution in [0.15, 0.2) is 29.2 Å². The first-order valence-electron chi connectivity index (χ1n) is 10.1. The van der Waals surface area contributed by atoms with E-state index in [4.69, 9.17) is 14.9 Å². The van der Waals surface area contributed by atoms with Gasteiger partial charge in [-0.3, -0.25) is 4.79 Å². The van der Waals surface area contributed by atoms with Crippen LogP contribution in [0.1, 0.15) is 48.9 Å².